The molecule has 17 heavy (non-hydrogen) atoms. The fraction of sp³-hybridized carbons (Fsp3) is 0. The predicted octanol–water partition coefficient (Wildman–Crippen LogP) is 5.08. The van der Waals surface area contributed by atoms with Gasteiger partial charge in [-0.2, -0.15) is 5.26 Å². The maximum absolute atomic E-state index is 8.73. The quantitative estimate of drug-likeness (QED) is 0.639. The van der Waals surface area contributed by atoms with E-state index in [4.69, 9.17) is 5.26 Å². The molecule has 2 rings (SSSR count). The van der Waals surface area contributed by atoms with E-state index in [1.165, 1.54) is 8.47 Å². The smallest absolute Gasteiger partial charge is 0.0991 e. The van der Waals surface area contributed by atoms with Gasteiger partial charge in [-0.3, -0.25) is 0 Å². The Bertz CT molecular complexity index is 575. The van der Waals surface area contributed by atoms with E-state index in [-0.39, 0.29) is 0 Å². The zero-order valence-electron chi connectivity index (χ0n) is 8.65. The SMILES string of the molecule is N#Cc1ccc(Sc2ccc(Br)cc2I)cc1. The van der Waals surface area contributed by atoms with Gasteiger partial charge in [0.15, 0.2) is 0 Å². The molecule has 0 bridgehead atoms. The van der Waals surface area contributed by atoms with Crippen LogP contribution in [0.1, 0.15) is 5.56 Å². The van der Waals surface area contributed by atoms with Gasteiger partial charge in [0.25, 0.3) is 0 Å². The first-order valence-corrected chi connectivity index (χ1v) is 7.51. The van der Waals surface area contributed by atoms with Crippen molar-refractivity contribution in [2.45, 2.75) is 9.79 Å². The van der Waals surface area contributed by atoms with Gasteiger partial charge in [-0.25, -0.2) is 0 Å². The van der Waals surface area contributed by atoms with Gasteiger partial charge in [-0.15, -0.1) is 0 Å². The molecule has 0 atom stereocenters. The summed E-state index contributed by atoms with van der Waals surface area (Å²) >= 11 is 7.48. The van der Waals surface area contributed by atoms with Crippen LogP contribution in [0.5, 0.6) is 0 Å². The van der Waals surface area contributed by atoms with Crippen molar-refractivity contribution in [2.24, 2.45) is 0 Å². The number of benzene rings is 2. The average molecular weight is 416 g/mol. The average Bonchev–Trinajstić information content (AvgIpc) is 2.34. The standard InChI is InChI=1S/C13H7BrINS/c14-10-3-6-13(12(15)7-10)17-11-4-1-9(8-16)2-5-11/h1-7H. The van der Waals surface area contributed by atoms with Crippen LogP contribution in [0, 0.1) is 14.9 Å². The molecule has 2 aromatic rings. The van der Waals surface area contributed by atoms with Crippen molar-refractivity contribution in [3.63, 3.8) is 0 Å². The summed E-state index contributed by atoms with van der Waals surface area (Å²) in [5.41, 5.74) is 0.694. The highest BCUT2D eigenvalue weighted by atomic mass is 127. The van der Waals surface area contributed by atoms with Crippen molar-refractivity contribution < 1.29 is 0 Å². The van der Waals surface area contributed by atoms with Crippen molar-refractivity contribution in [1.82, 2.24) is 0 Å². The molecule has 0 N–H and O–H groups in total. The van der Waals surface area contributed by atoms with Crippen molar-refractivity contribution in [3.8, 4) is 6.07 Å². The lowest BCUT2D eigenvalue weighted by Crippen LogP contribution is -1.80. The summed E-state index contributed by atoms with van der Waals surface area (Å²) in [5, 5.41) is 8.73. The van der Waals surface area contributed by atoms with Gasteiger partial charge in [-0.1, -0.05) is 27.7 Å². The van der Waals surface area contributed by atoms with E-state index in [0.29, 0.717) is 5.56 Å². The number of rotatable bonds is 2. The van der Waals surface area contributed by atoms with Crippen LogP contribution in [0.2, 0.25) is 0 Å². The molecule has 0 saturated heterocycles. The second-order valence-corrected chi connectivity index (χ2v) is 6.51. The van der Waals surface area contributed by atoms with Crippen LogP contribution in [0.3, 0.4) is 0 Å². The van der Waals surface area contributed by atoms with E-state index in [2.05, 4.69) is 56.7 Å². The second kappa shape index (κ2) is 5.89. The molecule has 0 heterocycles. The van der Waals surface area contributed by atoms with E-state index >= 15 is 0 Å². The number of halogens is 2. The maximum atomic E-state index is 8.73. The van der Waals surface area contributed by atoms with E-state index in [1.54, 1.807) is 11.8 Å². The number of hydrogen-bond acceptors (Lipinski definition) is 2. The Balaban J connectivity index is 2.23. The van der Waals surface area contributed by atoms with Gasteiger partial charge in [0, 0.05) is 17.8 Å². The van der Waals surface area contributed by atoms with Crippen molar-refractivity contribution in [3.05, 3.63) is 56.1 Å². The third kappa shape index (κ3) is 3.47. The summed E-state index contributed by atoms with van der Waals surface area (Å²) in [6, 6.07) is 16.0. The molecule has 0 saturated carbocycles. The first kappa shape index (κ1) is 12.9. The van der Waals surface area contributed by atoms with Crippen LogP contribution in [-0.2, 0) is 0 Å². The van der Waals surface area contributed by atoms with Crippen LogP contribution >= 0.6 is 50.3 Å². The molecule has 0 aliphatic carbocycles. The Labute approximate surface area is 126 Å². The molecule has 0 amide bonds. The zero-order chi connectivity index (χ0) is 12.3. The van der Waals surface area contributed by atoms with Crippen LogP contribution in [0.25, 0.3) is 0 Å². The van der Waals surface area contributed by atoms with Crippen LogP contribution < -0.4 is 0 Å². The molecule has 0 radical (unpaired) electrons. The van der Waals surface area contributed by atoms with Crippen LogP contribution in [0.15, 0.2) is 56.7 Å². The lowest BCUT2D eigenvalue weighted by molar-refractivity contribution is 1.35. The normalized spacial score (nSPS) is 9.94. The van der Waals surface area contributed by atoms with E-state index < -0.39 is 0 Å². The number of hydrogen-bond donors (Lipinski definition) is 0. The summed E-state index contributed by atoms with van der Waals surface area (Å²) in [7, 11) is 0. The predicted molar refractivity (Wildman–Crippen MR) is 82.1 cm³/mol. The molecular weight excluding hydrogens is 409 g/mol. The third-order valence-corrected chi connectivity index (χ3v) is 4.94. The van der Waals surface area contributed by atoms with Gasteiger partial charge >= 0.3 is 0 Å². The molecule has 0 fully saturated rings. The topological polar surface area (TPSA) is 23.8 Å². The lowest BCUT2D eigenvalue weighted by atomic mass is 10.2. The summed E-state index contributed by atoms with van der Waals surface area (Å²) < 4.78 is 2.30. The fourth-order valence-electron chi connectivity index (χ4n) is 1.28. The monoisotopic (exact) mass is 415 g/mol. The molecule has 0 spiro atoms. The van der Waals surface area contributed by atoms with Gasteiger partial charge in [-0.05, 0) is 65.1 Å². The summed E-state index contributed by atoms with van der Waals surface area (Å²) in [6.07, 6.45) is 0. The Hall–Kier alpha value is -0.510. The molecule has 0 aromatic heterocycles. The number of nitrogens with zero attached hydrogens (tertiary/aromatic N) is 1. The third-order valence-electron chi connectivity index (χ3n) is 2.11. The fourth-order valence-corrected chi connectivity index (χ4v) is 3.74. The molecule has 0 aliphatic rings. The van der Waals surface area contributed by atoms with Gasteiger partial charge in [0.2, 0.25) is 0 Å². The minimum absolute atomic E-state index is 0.694. The van der Waals surface area contributed by atoms with Crippen LogP contribution in [-0.4, -0.2) is 0 Å². The summed E-state index contributed by atoms with van der Waals surface area (Å²) in [6.45, 7) is 0. The first-order valence-electron chi connectivity index (χ1n) is 4.82. The minimum Gasteiger partial charge on any atom is -0.192 e. The highest BCUT2D eigenvalue weighted by molar-refractivity contribution is 14.1. The molecule has 2 aromatic carbocycles. The van der Waals surface area contributed by atoms with E-state index in [1.807, 2.05) is 30.3 Å². The highest BCUT2D eigenvalue weighted by Crippen LogP contribution is 2.32. The van der Waals surface area contributed by atoms with E-state index in [0.717, 1.165) is 9.37 Å². The first-order chi connectivity index (χ1) is 8.19. The second-order valence-electron chi connectivity index (χ2n) is 3.31. The van der Waals surface area contributed by atoms with E-state index in [9.17, 15) is 0 Å². The Morgan fingerprint density at radius 2 is 1.82 bits per heavy atom. The minimum atomic E-state index is 0.694. The summed E-state index contributed by atoms with van der Waals surface area (Å²) in [5.74, 6) is 0. The summed E-state index contributed by atoms with van der Waals surface area (Å²) in [4.78, 5) is 2.36. The molecule has 1 nitrogen and oxygen atoms in total. The molecular formula is C13H7BrINS. The lowest BCUT2D eigenvalue weighted by Gasteiger charge is -2.04. The van der Waals surface area contributed by atoms with Crippen molar-refractivity contribution >= 4 is 50.3 Å². The Morgan fingerprint density at radius 1 is 1.12 bits per heavy atom. The highest BCUT2D eigenvalue weighted by Gasteiger charge is 2.03. The largest absolute Gasteiger partial charge is 0.192 e. The molecule has 4 heteroatoms. The Kier molecular flexibility index (Phi) is 4.48. The molecule has 0 aliphatic heterocycles. The maximum Gasteiger partial charge on any atom is 0.0991 e. The van der Waals surface area contributed by atoms with Gasteiger partial charge in [0.05, 0.1) is 11.6 Å². The molecule has 84 valence electrons. The van der Waals surface area contributed by atoms with Crippen LogP contribution in [0.4, 0.5) is 0 Å². The van der Waals surface area contributed by atoms with Gasteiger partial charge in [0.1, 0.15) is 0 Å². The van der Waals surface area contributed by atoms with Crippen molar-refractivity contribution in [2.75, 3.05) is 0 Å². The van der Waals surface area contributed by atoms with Crippen molar-refractivity contribution in [1.29, 1.82) is 5.26 Å². The Morgan fingerprint density at radius 3 is 2.41 bits per heavy atom. The zero-order valence-corrected chi connectivity index (χ0v) is 13.2. The van der Waals surface area contributed by atoms with Gasteiger partial charge < -0.3 is 0 Å². The number of nitriles is 1. The molecule has 0 unspecified atom stereocenters.